The SMILES string of the molecule is C=C(C)CCOc1ccc(Cl)cc1C=O. The summed E-state index contributed by atoms with van der Waals surface area (Å²) in [6.07, 6.45) is 1.52. The van der Waals surface area contributed by atoms with Gasteiger partial charge in [0.25, 0.3) is 0 Å². The minimum Gasteiger partial charge on any atom is -0.493 e. The molecule has 0 spiro atoms. The average Bonchev–Trinajstić information content (AvgIpc) is 2.19. The first kappa shape index (κ1) is 11.8. The molecule has 0 aliphatic rings. The van der Waals surface area contributed by atoms with E-state index >= 15 is 0 Å². The Balaban J connectivity index is 2.67. The number of benzene rings is 1. The van der Waals surface area contributed by atoms with Crippen LogP contribution in [0.1, 0.15) is 23.7 Å². The molecule has 0 fully saturated rings. The summed E-state index contributed by atoms with van der Waals surface area (Å²) in [6, 6.07) is 4.99. The molecular formula is C12H13ClO2. The molecule has 0 radical (unpaired) electrons. The zero-order valence-corrected chi connectivity index (χ0v) is 9.38. The lowest BCUT2D eigenvalue weighted by Crippen LogP contribution is -2.00. The van der Waals surface area contributed by atoms with Crippen molar-refractivity contribution in [2.24, 2.45) is 0 Å². The second-order valence-electron chi connectivity index (χ2n) is 3.36. The summed E-state index contributed by atoms with van der Waals surface area (Å²) in [4.78, 5) is 10.7. The van der Waals surface area contributed by atoms with Gasteiger partial charge in [-0.15, -0.1) is 6.58 Å². The van der Waals surface area contributed by atoms with Crippen molar-refractivity contribution in [3.05, 3.63) is 40.9 Å². The fourth-order valence-corrected chi connectivity index (χ4v) is 1.26. The minimum atomic E-state index is 0.476. The standard InChI is InChI=1S/C12H13ClO2/c1-9(2)5-6-15-12-4-3-11(13)7-10(12)8-14/h3-4,7-8H,1,5-6H2,2H3. The molecule has 1 aromatic carbocycles. The van der Waals surface area contributed by atoms with Crippen LogP contribution in [0.15, 0.2) is 30.4 Å². The number of carbonyl (C=O) groups is 1. The Morgan fingerprint density at radius 1 is 1.60 bits per heavy atom. The highest BCUT2D eigenvalue weighted by atomic mass is 35.5. The largest absolute Gasteiger partial charge is 0.493 e. The first-order valence-electron chi connectivity index (χ1n) is 4.65. The third-order valence-corrected chi connectivity index (χ3v) is 2.12. The molecule has 1 aromatic rings. The van der Waals surface area contributed by atoms with Crippen molar-refractivity contribution in [3.63, 3.8) is 0 Å². The van der Waals surface area contributed by atoms with E-state index in [4.69, 9.17) is 16.3 Å². The maximum atomic E-state index is 10.7. The molecule has 0 aliphatic carbocycles. The quantitative estimate of drug-likeness (QED) is 0.565. The van der Waals surface area contributed by atoms with Gasteiger partial charge in [0, 0.05) is 11.4 Å². The summed E-state index contributed by atoms with van der Waals surface area (Å²) in [7, 11) is 0. The first-order chi connectivity index (χ1) is 7.13. The molecule has 2 nitrogen and oxygen atoms in total. The van der Waals surface area contributed by atoms with Gasteiger partial charge in [0.15, 0.2) is 6.29 Å². The average molecular weight is 225 g/mol. The molecule has 15 heavy (non-hydrogen) atoms. The topological polar surface area (TPSA) is 26.3 Å². The highest BCUT2D eigenvalue weighted by Crippen LogP contribution is 2.21. The van der Waals surface area contributed by atoms with E-state index in [-0.39, 0.29) is 0 Å². The Morgan fingerprint density at radius 3 is 2.93 bits per heavy atom. The Bertz CT molecular complexity index is 372. The summed E-state index contributed by atoms with van der Waals surface area (Å²) < 4.78 is 5.44. The van der Waals surface area contributed by atoms with E-state index < -0.39 is 0 Å². The van der Waals surface area contributed by atoms with Crippen molar-refractivity contribution < 1.29 is 9.53 Å². The van der Waals surface area contributed by atoms with Crippen LogP contribution in [0, 0.1) is 0 Å². The van der Waals surface area contributed by atoms with Crippen molar-refractivity contribution in [3.8, 4) is 5.75 Å². The molecule has 0 saturated heterocycles. The molecule has 0 unspecified atom stereocenters. The lowest BCUT2D eigenvalue weighted by atomic mass is 10.2. The molecule has 0 aliphatic heterocycles. The van der Waals surface area contributed by atoms with Gasteiger partial charge in [-0.3, -0.25) is 4.79 Å². The van der Waals surface area contributed by atoms with E-state index in [9.17, 15) is 4.79 Å². The number of hydrogen-bond donors (Lipinski definition) is 0. The number of ether oxygens (including phenoxy) is 1. The minimum absolute atomic E-state index is 0.476. The number of halogens is 1. The van der Waals surface area contributed by atoms with E-state index in [2.05, 4.69) is 6.58 Å². The van der Waals surface area contributed by atoms with Gasteiger partial charge in [0.1, 0.15) is 5.75 Å². The second-order valence-corrected chi connectivity index (χ2v) is 3.79. The maximum absolute atomic E-state index is 10.7. The van der Waals surface area contributed by atoms with Crippen LogP contribution in [-0.2, 0) is 0 Å². The Kier molecular flexibility index (Phi) is 4.37. The number of carbonyl (C=O) groups excluding carboxylic acids is 1. The molecule has 0 N–H and O–H groups in total. The van der Waals surface area contributed by atoms with Crippen LogP contribution < -0.4 is 4.74 Å². The lowest BCUT2D eigenvalue weighted by molar-refractivity contribution is 0.111. The van der Waals surface area contributed by atoms with Gasteiger partial charge in [0.05, 0.1) is 12.2 Å². The second kappa shape index (κ2) is 5.56. The maximum Gasteiger partial charge on any atom is 0.153 e. The third kappa shape index (κ3) is 3.76. The van der Waals surface area contributed by atoms with E-state index in [1.165, 1.54) is 0 Å². The predicted octanol–water partition coefficient (Wildman–Crippen LogP) is 3.50. The van der Waals surface area contributed by atoms with Gasteiger partial charge >= 0.3 is 0 Å². The number of hydrogen-bond acceptors (Lipinski definition) is 2. The molecular weight excluding hydrogens is 212 g/mol. The van der Waals surface area contributed by atoms with Crippen molar-refractivity contribution in [2.45, 2.75) is 13.3 Å². The summed E-state index contributed by atoms with van der Waals surface area (Å²) in [5.41, 5.74) is 1.53. The summed E-state index contributed by atoms with van der Waals surface area (Å²) in [5, 5.41) is 0.532. The van der Waals surface area contributed by atoms with Crippen molar-refractivity contribution in [2.75, 3.05) is 6.61 Å². The molecule has 0 amide bonds. The van der Waals surface area contributed by atoms with E-state index in [0.717, 1.165) is 18.3 Å². The highest BCUT2D eigenvalue weighted by Gasteiger charge is 2.03. The van der Waals surface area contributed by atoms with Gasteiger partial charge in [-0.2, -0.15) is 0 Å². The summed E-state index contributed by atoms with van der Waals surface area (Å²) in [5.74, 6) is 0.565. The van der Waals surface area contributed by atoms with Crippen LogP contribution >= 0.6 is 11.6 Å². The van der Waals surface area contributed by atoms with Crippen molar-refractivity contribution in [1.29, 1.82) is 0 Å². The van der Waals surface area contributed by atoms with Crippen LogP contribution in [0.3, 0.4) is 0 Å². The van der Waals surface area contributed by atoms with E-state index in [0.29, 0.717) is 22.9 Å². The van der Waals surface area contributed by atoms with Gasteiger partial charge in [-0.1, -0.05) is 17.2 Å². The van der Waals surface area contributed by atoms with Crippen LogP contribution in [0.4, 0.5) is 0 Å². The Morgan fingerprint density at radius 2 is 2.33 bits per heavy atom. The monoisotopic (exact) mass is 224 g/mol. The third-order valence-electron chi connectivity index (χ3n) is 1.89. The van der Waals surface area contributed by atoms with Crippen molar-refractivity contribution >= 4 is 17.9 Å². The van der Waals surface area contributed by atoms with Crippen molar-refractivity contribution in [1.82, 2.24) is 0 Å². The lowest BCUT2D eigenvalue weighted by Gasteiger charge is -2.08. The van der Waals surface area contributed by atoms with Gasteiger partial charge < -0.3 is 4.74 Å². The Hall–Kier alpha value is -1.28. The van der Waals surface area contributed by atoms with Crippen LogP contribution in [-0.4, -0.2) is 12.9 Å². The highest BCUT2D eigenvalue weighted by molar-refractivity contribution is 6.30. The molecule has 1 rings (SSSR count). The molecule has 0 bridgehead atoms. The first-order valence-corrected chi connectivity index (χ1v) is 5.03. The molecule has 0 atom stereocenters. The fourth-order valence-electron chi connectivity index (χ4n) is 1.08. The van der Waals surface area contributed by atoms with Crippen LogP contribution in [0.5, 0.6) is 5.75 Å². The van der Waals surface area contributed by atoms with E-state index in [1.807, 2.05) is 6.92 Å². The molecule has 0 aromatic heterocycles. The molecule has 0 heterocycles. The predicted molar refractivity (Wildman–Crippen MR) is 61.8 cm³/mol. The summed E-state index contributed by atoms with van der Waals surface area (Å²) >= 11 is 5.75. The number of aldehydes is 1. The zero-order valence-electron chi connectivity index (χ0n) is 8.63. The summed E-state index contributed by atoms with van der Waals surface area (Å²) in [6.45, 7) is 6.23. The van der Waals surface area contributed by atoms with Gasteiger partial charge in [-0.05, 0) is 25.1 Å². The van der Waals surface area contributed by atoms with E-state index in [1.54, 1.807) is 18.2 Å². The van der Waals surface area contributed by atoms with Crippen LogP contribution in [0.25, 0.3) is 0 Å². The normalized spacial score (nSPS) is 9.73. The smallest absolute Gasteiger partial charge is 0.153 e. The molecule has 3 heteroatoms. The Labute approximate surface area is 94.5 Å². The fraction of sp³-hybridized carbons (Fsp3) is 0.250. The van der Waals surface area contributed by atoms with Crippen LogP contribution in [0.2, 0.25) is 5.02 Å². The van der Waals surface area contributed by atoms with Gasteiger partial charge in [-0.25, -0.2) is 0 Å². The number of rotatable bonds is 5. The molecule has 0 saturated carbocycles. The zero-order chi connectivity index (χ0) is 11.3. The molecule has 80 valence electrons. The van der Waals surface area contributed by atoms with Gasteiger partial charge in [0.2, 0.25) is 0 Å².